The molecule has 8 nitrogen and oxygen atoms in total. The number of nitrogens with zero attached hydrogens (tertiary/aromatic N) is 4. The topological polar surface area (TPSA) is 103 Å². The molecule has 3 rings (SSSR count). The monoisotopic (exact) mass is 294 g/mol. The van der Waals surface area contributed by atoms with Gasteiger partial charge in [0.1, 0.15) is 5.82 Å². The maximum atomic E-state index is 8.36. The average molecular weight is 294 g/mol. The van der Waals surface area contributed by atoms with Gasteiger partial charge in [-0.1, -0.05) is 5.16 Å². The Morgan fingerprint density at radius 1 is 1.48 bits per heavy atom. The van der Waals surface area contributed by atoms with Crippen LogP contribution >= 0.6 is 0 Å². The molecule has 0 saturated carbocycles. The minimum atomic E-state index is -0.250. The lowest BCUT2D eigenvalue weighted by atomic mass is 9.99. The number of carbonyl (C=O) groups is 1. The molecule has 0 unspecified atom stereocenters. The summed E-state index contributed by atoms with van der Waals surface area (Å²) in [7, 11) is 0. The highest BCUT2D eigenvalue weighted by Crippen LogP contribution is 2.25. The molecule has 2 aromatic rings. The van der Waals surface area contributed by atoms with Gasteiger partial charge in [-0.3, -0.25) is 4.79 Å². The summed E-state index contributed by atoms with van der Waals surface area (Å²) in [5, 5.41) is 10.8. The smallest absolute Gasteiger partial charge is 0.290 e. The van der Waals surface area contributed by atoms with Crippen molar-refractivity contribution in [2.24, 2.45) is 0 Å². The van der Waals surface area contributed by atoms with Crippen LogP contribution < -0.4 is 0 Å². The summed E-state index contributed by atoms with van der Waals surface area (Å²) in [5.74, 6) is 2.86. The second-order valence-corrected chi connectivity index (χ2v) is 4.64. The van der Waals surface area contributed by atoms with Crippen molar-refractivity contribution in [2.75, 3.05) is 13.2 Å². The van der Waals surface area contributed by atoms with Crippen LogP contribution in [-0.2, 0) is 16.1 Å². The van der Waals surface area contributed by atoms with Gasteiger partial charge in [-0.05, 0) is 12.8 Å². The third-order valence-electron chi connectivity index (χ3n) is 3.22. The molecule has 3 heterocycles. The Morgan fingerprint density at radius 3 is 2.81 bits per heavy atom. The van der Waals surface area contributed by atoms with Gasteiger partial charge in [0.2, 0.25) is 5.89 Å². The largest absolute Gasteiger partial charge is 0.483 e. The summed E-state index contributed by atoms with van der Waals surface area (Å²) < 4.78 is 12.5. The van der Waals surface area contributed by atoms with E-state index in [9.17, 15) is 0 Å². The van der Waals surface area contributed by atoms with E-state index in [1.807, 2.05) is 12.4 Å². The number of hydrogen-bond donors (Lipinski definition) is 1. The summed E-state index contributed by atoms with van der Waals surface area (Å²) in [5.41, 5.74) is 0. The molecule has 2 aromatic heterocycles. The van der Waals surface area contributed by atoms with E-state index in [-0.39, 0.29) is 6.47 Å². The lowest BCUT2D eigenvalue weighted by molar-refractivity contribution is -0.122. The van der Waals surface area contributed by atoms with Crippen LogP contribution in [-0.4, -0.2) is 44.5 Å². The van der Waals surface area contributed by atoms with Gasteiger partial charge in [-0.15, -0.1) is 0 Å². The highest BCUT2D eigenvalue weighted by Gasteiger charge is 2.20. The van der Waals surface area contributed by atoms with Crippen molar-refractivity contribution in [3.63, 3.8) is 0 Å². The molecule has 8 heteroatoms. The van der Waals surface area contributed by atoms with E-state index in [1.165, 1.54) is 0 Å². The lowest BCUT2D eigenvalue weighted by Gasteiger charge is -2.22. The number of carboxylic acid groups (broad SMARTS) is 1. The minimum Gasteiger partial charge on any atom is -0.483 e. The Kier molecular flexibility index (Phi) is 5.44. The molecule has 1 aliphatic rings. The summed E-state index contributed by atoms with van der Waals surface area (Å²) in [6.07, 6.45) is 5.86. The molecule has 21 heavy (non-hydrogen) atoms. The van der Waals surface area contributed by atoms with E-state index in [4.69, 9.17) is 19.2 Å². The number of ether oxygens (including phenoxy) is 1. The van der Waals surface area contributed by atoms with Gasteiger partial charge in [0.25, 0.3) is 6.47 Å². The van der Waals surface area contributed by atoms with Crippen molar-refractivity contribution < 1.29 is 19.2 Å². The van der Waals surface area contributed by atoms with Crippen molar-refractivity contribution in [1.29, 1.82) is 0 Å². The molecule has 0 aromatic carbocycles. The van der Waals surface area contributed by atoms with E-state index < -0.39 is 0 Å². The Bertz CT molecular complexity index is 560. The first kappa shape index (κ1) is 15.2. The van der Waals surface area contributed by atoms with Crippen molar-refractivity contribution in [3.05, 3.63) is 29.9 Å². The van der Waals surface area contributed by atoms with Gasteiger partial charge < -0.3 is 18.9 Å². The molecule has 0 radical (unpaired) electrons. The van der Waals surface area contributed by atoms with Crippen molar-refractivity contribution >= 4 is 6.47 Å². The SMILES string of the molecule is Cc1nc(Cn2ccnc2C2CCOCC2)no1.O=CO. The normalized spacial score (nSPS) is 15.3. The summed E-state index contributed by atoms with van der Waals surface area (Å²) in [6, 6.07) is 0. The van der Waals surface area contributed by atoms with Gasteiger partial charge in [0.05, 0.1) is 6.54 Å². The molecular weight excluding hydrogens is 276 g/mol. The number of imidazole rings is 1. The maximum Gasteiger partial charge on any atom is 0.290 e. The van der Waals surface area contributed by atoms with Crippen LogP contribution in [0.15, 0.2) is 16.9 Å². The van der Waals surface area contributed by atoms with Gasteiger partial charge in [-0.2, -0.15) is 4.98 Å². The fraction of sp³-hybridized carbons (Fsp3) is 0.538. The third-order valence-corrected chi connectivity index (χ3v) is 3.22. The first-order chi connectivity index (χ1) is 10.2. The molecule has 0 aliphatic carbocycles. The van der Waals surface area contributed by atoms with Crippen LogP contribution in [0.3, 0.4) is 0 Å². The number of aromatic nitrogens is 4. The molecule has 0 atom stereocenters. The van der Waals surface area contributed by atoms with Crippen LogP contribution in [0.4, 0.5) is 0 Å². The van der Waals surface area contributed by atoms with E-state index in [0.717, 1.165) is 31.9 Å². The van der Waals surface area contributed by atoms with Crippen LogP contribution in [0.25, 0.3) is 0 Å². The van der Waals surface area contributed by atoms with E-state index in [0.29, 0.717) is 24.2 Å². The maximum absolute atomic E-state index is 8.36. The highest BCUT2D eigenvalue weighted by molar-refractivity contribution is 5.32. The molecule has 0 amide bonds. The van der Waals surface area contributed by atoms with Gasteiger partial charge in [-0.25, -0.2) is 4.98 Å². The molecule has 1 N–H and O–H groups in total. The second-order valence-electron chi connectivity index (χ2n) is 4.64. The molecule has 0 bridgehead atoms. The Morgan fingerprint density at radius 2 is 2.19 bits per heavy atom. The van der Waals surface area contributed by atoms with Crippen molar-refractivity contribution in [2.45, 2.75) is 32.2 Å². The Balaban J connectivity index is 0.000000497. The summed E-state index contributed by atoms with van der Waals surface area (Å²) in [4.78, 5) is 17.0. The van der Waals surface area contributed by atoms with Crippen molar-refractivity contribution in [1.82, 2.24) is 19.7 Å². The van der Waals surface area contributed by atoms with Gasteiger partial charge >= 0.3 is 0 Å². The zero-order chi connectivity index (χ0) is 15.1. The van der Waals surface area contributed by atoms with Gasteiger partial charge in [0.15, 0.2) is 5.82 Å². The fourth-order valence-corrected chi connectivity index (χ4v) is 2.33. The number of rotatable bonds is 3. The Labute approximate surface area is 121 Å². The lowest BCUT2D eigenvalue weighted by Crippen LogP contribution is -2.18. The Hall–Kier alpha value is -2.22. The molecule has 0 spiro atoms. The molecule has 1 aliphatic heterocycles. The van der Waals surface area contributed by atoms with E-state index in [1.54, 1.807) is 6.92 Å². The van der Waals surface area contributed by atoms with Gasteiger partial charge in [0, 0.05) is 38.4 Å². The quantitative estimate of drug-likeness (QED) is 0.849. The van der Waals surface area contributed by atoms with Crippen LogP contribution in [0.1, 0.15) is 36.3 Å². The summed E-state index contributed by atoms with van der Waals surface area (Å²) >= 11 is 0. The predicted octanol–water partition coefficient (Wildman–Crippen LogP) is 1.22. The standard InChI is InChI=1S/C12H16N4O2.CH2O2/c1-9-14-11(15-18-9)8-16-5-4-13-12(16)10-2-6-17-7-3-10;2-1-3/h4-5,10H,2-3,6-8H2,1H3;1H,(H,2,3). The molecule has 1 saturated heterocycles. The average Bonchev–Trinajstić information content (AvgIpc) is 3.10. The van der Waals surface area contributed by atoms with Crippen LogP contribution in [0.5, 0.6) is 0 Å². The second kappa shape index (κ2) is 7.53. The first-order valence-corrected chi connectivity index (χ1v) is 6.70. The highest BCUT2D eigenvalue weighted by atomic mass is 16.5. The molecular formula is C13H18N4O4. The molecule has 1 fully saturated rings. The third kappa shape index (κ3) is 4.12. The predicted molar refractivity (Wildman–Crippen MR) is 71.9 cm³/mol. The minimum absolute atomic E-state index is 0.250. The van der Waals surface area contributed by atoms with Crippen LogP contribution in [0.2, 0.25) is 0 Å². The molecule has 114 valence electrons. The van der Waals surface area contributed by atoms with E-state index >= 15 is 0 Å². The number of hydrogen-bond acceptors (Lipinski definition) is 6. The fourth-order valence-electron chi connectivity index (χ4n) is 2.33. The van der Waals surface area contributed by atoms with Crippen molar-refractivity contribution in [3.8, 4) is 0 Å². The summed E-state index contributed by atoms with van der Waals surface area (Å²) in [6.45, 7) is 3.80. The zero-order valence-electron chi connectivity index (χ0n) is 11.8. The van der Waals surface area contributed by atoms with Crippen LogP contribution in [0, 0.1) is 6.92 Å². The number of aryl methyl sites for hydroxylation is 1. The first-order valence-electron chi connectivity index (χ1n) is 6.70. The zero-order valence-corrected chi connectivity index (χ0v) is 11.8. The van der Waals surface area contributed by atoms with E-state index in [2.05, 4.69) is 19.7 Å².